The normalized spacial score (nSPS) is 29.9. The first-order valence-corrected chi connectivity index (χ1v) is 7.35. The van der Waals surface area contributed by atoms with Gasteiger partial charge in [-0.1, -0.05) is 13.8 Å². The molecule has 0 aliphatic carbocycles. The van der Waals surface area contributed by atoms with Crippen molar-refractivity contribution in [1.82, 2.24) is 10.2 Å². The van der Waals surface area contributed by atoms with Gasteiger partial charge in [-0.15, -0.1) is 0 Å². The molecular formula is C11H22N2O2S. The molecule has 1 rings (SSSR count). The van der Waals surface area contributed by atoms with E-state index in [1.54, 1.807) is 11.2 Å². The van der Waals surface area contributed by atoms with Crippen molar-refractivity contribution in [2.75, 3.05) is 12.8 Å². The molecule has 16 heavy (non-hydrogen) atoms. The molecule has 1 heterocycles. The molecule has 0 aromatic rings. The van der Waals surface area contributed by atoms with Gasteiger partial charge in [0.05, 0.1) is 12.2 Å². The average molecular weight is 246 g/mol. The van der Waals surface area contributed by atoms with E-state index in [9.17, 15) is 9.00 Å². The van der Waals surface area contributed by atoms with Gasteiger partial charge in [-0.3, -0.25) is 14.3 Å². The van der Waals surface area contributed by atoms with Gasteiger partial charge in [0.15, 0.2) is 0 Å². The van der Waals surface area contributed by atoms with Gasteiger partial charge < -0.3 is 4.90 Å². The fourth-order valence-electron chi connectivity index (χ4n) is 1.90. The summed E-state index contributed by atoms with van der Waals surface area (Å²) < 4.78 is 11.3. The average Bonchev–Trinajstić information content (AvgIpc) is 2.45. The Labute approximate surface area is 100 Å². The van der Waals surface area contributed by atoms with Crippen LogP contribution in [0.25, 0.3) is 0 Å². The van der Waals surface area contributed by atoms with Gasteiger partial charge in [0.25, 0.3) is 0 Å². The number of rotatable bonds is 4. The Hall–Kier alpha value is -0.420. The fourth-order valence-corrected chi connectivity index (χ4v) is 2.27. The molecule has 0 bridgehead atoms. The number of amides is 1. The summed E-state index contributed by atoms with van der Waals surface area (Å²) in [7, 11) is -0.880. The molecule has 0 aromatic heterocycles. The van der Waals surface area contributed by atoms with Crippen LogP contribution in [0, 0.1) is 5.92 Å². The maximum Gasteiger partial charge on any atom is 0.241 e. The number of carbonyl (C=O) groups excluding carboxylic acids is 1. The van der Waals surface area contributed by atoms with Crippen LogP contribution < -0.4 is 5.32 Å². The van der Waals surface area contributed by atoms with Crippen LogP contribution in [0.4, 0.5) is 0 Å². The monoisotopic (exact) mass is 246 g/mol. The Morgan fingerprint density at radius 3 is 2.38 bits per heavy atom. The zero-order valence-electron chi connectivity index (χ0n) is 10.7. The molecule has 94 valence electrons. The highest BCUT2D eigenvalue weighted by Crippen LogP contribution is 2.17. The number of nitrogens with zero attached hydrogens (tertiary/aromatic N) is 1. The quantitative estimate of drug-likeness (QED) is 0.788. The standard InChI is InChI=1S/C11H22N2O2S/c1-7(2)10-11(14)13(9(4)12-10)6-8(3)16(5)15/h7-10,12H,6H2,1-5H3. The van der Waals surface area contributed by atoms with E-state index in [0.717, 1.165) is 0 Å². The van der Waals surface area contributed by atoms with Crippen molar-refractivity contribution in [3.05, 3.63) is 0 Å². The van der Waals surface area contributed by atoms with Gasteiger partial charge in [0, 0.05) is 28.9 Å². The topological polar surface area (TPSA) is 49.4 Å². The second-order valence-corrected chi connectivity index (χ2v) is 6.67. The van der Waals surface area contributed by atoms with Gasteiger partial charge in [-0.25, -0.2) is 0 Å². The van der Waals surface area contributed by atoms with Crippen molar-refractivity contribution in [2.45, 2.75) is 45.2 Å². The minimum absolute atomic E-state index is 0.0270. The molecule has 0 saturated carbocycles. The van der Waals surface area contributed by atoms with Crippen LogP contribution >= 0.6 is 0 Å². The highest BCUT2D eigenvalue weighted by molar-refractivity contribution is 7.84. The van der Waals surface area contributed by atoms with Crippen molar-refractivity contribution in [2.24, 2.45) is 5.92 Å². The van der Waals surface area contributed by atoms with Crippen LogP contribution in [-0.2, 0) is 15.6 Å². The lowest BCUT2D eigenvalue weighted by molar-refractivity contribution is -0.130. The number of nitrogens with one attached hydrogen (secondary N) is 1. The summed E-state index contributed by atoms with van der Waals surface area (Å²) in [6.45, 7) is 8.53. The van der Waals surface area contributed by atoms with E-state index in [4.69, 9.17) is 0 Å². The molecule has 4 nitrogen and oxygen atoms in total. The van der Waals surface area contributed by atoms with Crippen LogP contribution in [-0.4, -0.2) is 45.3 Å². The van der Waals surface area contributed by atoms with Crippen LogP contribution in [0.2, 0.25) is 0 Å². The van der Waals surface area contributed by atoms with Gasteiger partial charge in [0.1, 0.15) is 0 Å². The summed E-state index contributed by atoms with van der Waals surface area (Å²) >= 11 is 0. The maximum atomic E-state index is 12.1. The molecule has 1 N–H and O–H groups in total. The van der Waals surface area contributed by atoms with Crippen molar-refractivity contribution in [1.29, 1.82) is 0 Å². The molecule has 4 atom stereocenters. The lowest BCUT2D eigenvalue weighted by Crippen LogP contribution is -2.40. The molecule has 1 fully saturated rings. The van der Waals surface area contributed by atoms with E-state index in [0.29, 0.717) is 12.5 Å². The smallest absolute Gasteiger partial charge is 0.241 e. The zero-order chi connectivity index (χ0) is 12.5. The zero-order valence-corrected chi connectivity index (χ0v) is 11.5. The Morgan fingerprint density at radius 1 is 1.44 bits per heavy atom. The largest absolute Gasteiger partial charge is 0.325 e. The van der Waals surface area contributed by atoms with Crippen molar-refractivity contribution < 1.29 is 9.00 Å². The molecule has 0 aromatic carbocycles. The summed E-state index contributed by atoms with van der Waals surface area (Å²) in [6, 6.07) is -0.0903. The van der Waals surface area contributed by atoms with E-state index in [-0.39, 0.29) is 23.4 Å². The predicted molar refractivity (Wildman–Crippen MR) is 66.5 cm³/mol. The lowest BCUT2D eigenvalue weighted by Gasteiger charge is -2.23. The van der Waals surface area contributed by atoms with Gasteiger partial charge in [-0.2, -0.15) is 0 Å². The summed E-state index contributed by atoms with van der Waals surface area (Å²) in [5, 5.41) is 3.30. The van der Waals surface area contributed by atoms with Crippen LogP contribution in [0.5, 0.6) is 0 Å². The number of hydrogen-bond donors (Lipinski definition) is 1. The van der Waals surface area contributed by atoms with Crippen LogP contribution in [0.3, 0.4) is 0 Å². The molecule has 4 unspecified atom stereocenters. The molecule has 5 heteroatoms. The van der Waals surface area contributed by atoms with Crippen molar-refractivity contribution >= 4 is 16.7 Å². The molecule has 0 spiro atoms. The lowest BCUT2D eigenvalue weighted by atomic mass is 10.1. The van der Waals surface area contributed by atoms with Crippen LogP contribution in [0.1, 0.15) is 27.7 Å². The first-order valence-electron chi connectivity index (χ1n) is 5.73. The van der Waals surface area contributed by atoms with Crippen molar-refractivity contribution in [3.8, 4) is 0 Å². The van der Waals surface area contributed by atoms with E-state index < -0.39 is 10.8 Å². The first-order chi connectivity index (χ1) is 7.34. The minimum Gasteiger partial charge on any atom is -0.325 e. The number of carbonyl (C=O) groups is 1. The predicted octanol–water partition coefficient (Wildman–Crippen LogP) is 0.556. The van der Waals surface area contributed by atoms with E-state index in [1.807, 2.05) is 27.7 Å². The highest BCUT2D eigenvalue weighted by Gasteiger charge is 2.38. The van der Waals surface area contributed by atoms with E-state index in [2.05, 4.69) is 5.32 Å². The SMILES string of the molecule is CC(C)C1NC(C)N(CC(C)S(C)=O)C1=O. The van der Waals surface area contributed by atoms with Gasteiger partial charge in [-0.05, 0) is 19.8 Å². The van der Waals surface area contributed by atoms with Crippen molar-refractivity contribution in [3.63, 3.8) is 0 Å². The molecule has 1 aliphatic rings. The molecule has 1 aliphatic heterocycles. The highest BCUT2D eigenvalue weighted by atomic mass is 32.2. The minimum atomic E-state index is -0.880. The third-order valence-electron chi connectivity index (χ3n) is 3.12. The fraction of sp³-hybridized carbons (Fsp3) is 0.909. The van der Waals surface area contributed by atoms with Gasteiger partial charge in [0.2, 0.25) is 5.91 Å². The Kier molecular flexibility index (Phi) is 4.50. The Morgan fingerprint density at radius 2 is 2.00 bits per heavy atom. The summed E-state index contributed by atoms with van der Waals surface area (Å²) in [5.41, 5.74) is 0. The molecule has 0 radical (unpaired) electrons. The summed E-state index contributed by atoms with van der Waals surface area (Å²) in [4.78, 5) is 13.9. The van der Waals surface area contributed by atoms with Gasteiger partial charge >= 0.3 is 0 Å². The van der Waals surface area contributed by atoms with Crippen LogP contribution in [0.15, 0.2) is 0 Å². The maximum absolute atomic E-state index is 12.1. The van der Waals surface area contributed by atoms with E-state index in [1.165, 1.54) is 0 Å². The van der Waals surface area contributed by atoms with E-state index >= 15 is 0 Å². The third kappa shape index (κ3) is 2.83. The Balaban J connectivity index is 2.68. The molecule has 1 amide bonds. The first kappa shape index (κ1) is 13.6. The Bertz CT molecular complexity index is 294. The molecule has 1 saturated heterocycles. The third-order valence-corrected chi connectivity index (χ3v) is 4.41. The number of hydrogen-bond acceptors (Lipinski definition) is 3. The second-order valence-electron chi connectivity index (χ2n) is 4.86. The summed E-state index contributed by atoms with van der Waals surface area (Å²) in [6.07, 6.45) is 1.73. The second kappa shape index (κ2) is 5.27. The molecular weight excluding hydrogens is 224 g/mol. The summed E-state index contributed by atoms with van der Waals surface area (Å²) in [5.74, 6) is 0.433.